The Morgan fingerprint density at radius 3 is 2.36 bits per heavy atom. The summed E-state index contributed by atoms with van der Waals surface area (Å²) < 4.78 is 24.2. The van der Waals surface area contributed by atoms with Crippen LogP contribution in [0.15, 0.2) is 0 Å². The number of sulfonamides is 1. The maximum absolute atomic E-state index is 11.1. The molecule has 0 unspecified atom stereocenters. The molecule has 0 aliphatic rings. The summed E-state index contributed by atoms with van der Waals surface area (Å²) in [5.74, 6) is -0.501. The van der Waals surface area contributed by atoms with Gasteiger partial charge in [0.15, 0.2) is 0 Å². The summed E-state index contributed by atoms with van der Waals surface area (Å²) in [6.45, 7) is 4.48. The molecule has 0 aromatic carbocycles. The highest BCUT2D eigenvalue weighted by molar-refractivity contribution is 7.90. The standard InChI is InChI=1S/C8H18N2O3S/c1-3-5-9-7-8(11)10-14(12,13)6-4-2/h9H,3-7H2,1-2H3,(H,10,11). The fourth-order valence-electron chi connectivity index (χ4n) is 0.908. The Morgan fingerprint density at radius 1 is 1.21 bits per heavy atom. The molecule has 6 heteroatoms. The first kappa shape index (κ1) is 13.4. The molecule has 2 N–H and O–H groups in total. The van der Waals surface area contributed by atoms with Crippen molar-refractivity contribution in [1.82, 2.24) is 10.0 Å². The molecule has 0 aromatic heterocycles. The summed E-state index contributed by atoms with van der Waals surface area (Å²) >= 11 is 0. The molecule has 5 nitrogen and oxygen atoms in total. The van der Waals surface area contributed by atoms with Gasteiger partial charge < -0.3 is 5.32 Å². The van der Waals surface area contributed by atoms with E-state index in [0.29, 0.717) is 13.0 Å². The van der Waals surface area contributed by atoms with Gasteiger partial charge in [-0.15, -0.1) is 0 Å². The Kier molecular flexibility index (Phi) is 6.48. The van der Waals surface area contributed by atoms with Crippen molar-refractivity contribution in [1.29, 1.82) is 0 Å². The van der Waals surface area contributed by atoms with Gasteiger partial charge in [-0.25, -0.2) is 8.42 Å². The van der Waals surface area contributed by atoms with Crippen LogP contribution >= 0.6 is 0 Å². The lowest BCUT2D eigenvalue weighted by molar-refractivity contribution is -0.118. The summed E-state index contributed by atoms with van der Waals surface area (Å²) in [4.78, 5) is 11.1. The second-order valence-corrected chi connectivity index (χ2v) is 4.86. The fourth-order valence-corrected chi connectivity index (χ4v) is 1.97. The van der Waals surface area contributed by atoms with E-state index in [1.807, 2.05) is 11.6 Å². The molecule has 0 saturated carbocycles. The molecule has 0 radical (unpaired) electrons. The van der Waals surface area contributed by atoms with Crippen LogP contribution in [0.1, 0.15) is 26.7 Å². The number of rotatable bonds is 7. The Hall–Kier alpha value is -0.620. The van der Waals surface area contributed by atoms with E-state index >= 15 is 0 Å². The van der Waals surface area contributed by atoms with Crippen molar-refractivity contribution in [3.63, 3.8) is 0 Å². The molecule has 0 spiro atoms. The Bertz CT molecular complexity index is 262. The van der Waals surface area contributed by atoms with E-state index < -0.39 is 15.9 Å². The zero-order chi connectivity index (χ0) is 11.0. The molecule has 0 bridgehead atoms. The second kappa shape index (κ2) is 6.78. The van der Waals surface area contributed by atoms with Crippen LogP contribution in [-0.2, 0) is 14.8 Å². The number of amides is 1. The van der Waals surface area contributed by atoms with Gasteiger partial charge in [-0.3, -0.25) is 9.52 Å². The molecule has 1 amide bonds. The van der Waals surface area contributed by atoms with E-state index in [4.69, 9.17) is 0 Å². The molecular weight excluding hydrogens is 204 g/mol. The predicted octanol–water partition coefficient (Wildman–Crippen LogP) is -0.158. The van der Waals surface area contributed by atoms with Gasteiger partial charge >= 0.3 is 0 Å². The molecule has 0 atom stereocenters. The summed E-state index contributed by atoms with van der Waals surface area (Å²) in [7, 11) is -3.41. The number of nitrogens with one attached hydrogen (secondary N) is 2. The summed E-state index contributed by atoms with van der Waals surface area (Å²) in [6.07, 6.45) is 1.42. The lowest BCUT2D eigenvalue weighted by atomic mass is 10.5. The first-order valence-corrected chi connectivity index (χ1v) is 6.41. The summed E-state index contributed by atoms with van der Waals surface area (Å²) in [5, 5.41) is 2.82. The van der Waals surface area contributed by atoms with E-state index in [1.165, 1.54) is 0 Å². The van der Waals surface area contributed by atoms with E-state index in [0.717, 1.165) is 6.42 Å². The molecular formula is C8H18N2O3S. The van der Waals surface area contributed by atoms with Crippen LogP contribution < -0.4 is 10.0 Å². The van der Waals surface area contributed by atoms with Crippen molar-refractivity contribution in [2.24, 2.45) is 0 Å². The highest BCUT2D eigenvalue weighted by Crippen LogP contribution is 1.87. The Balaban J connectivity index is 3.82. The van der Waals surface area contributed by atoms with Crippen molar-refractivity contribution in [3.05, 3.63) is 0 Å². The van der Waals surface area contributed by atoms with Crippen LogP contribution in [-0.4, -0.2) is 33.2 Å². The van der Waals surface area contributed by atoms with E-state index in [-0.39, 0.29) is 12.3 Å². The smallest absolute Gasteiger partial charge is 0.247 e. The molecule has 14 heavy (non-hydrogen) atoms. The second-order valence-electron chi connectivity index (χ2n) is 3.02. The minimum Gasteiger partial charge on any atom is -0.308 e. The van der Waals surface area contributed by atoms with E-state index in [9.17, 15) is 13.2 Å². The SMILES string of the molecule is CCCNCC(=O)NS(=O)(=O)CCC. The minimum absolute atomic E-state index is 0.00742. The van der Waals surface area contributed by atoms with E-state index in [2.05, 4.69) is 5.32 Å². The van der Waals surface area contributed by atoms with Gasteiger partial charge in [0.25, 0.3) is 0 Å². The molecule has 84 valence electrons. The van der Waals surface area contributed by atoms with Gasteiger partial charge in [0.05, 0.1) is 12.3 Å². The Labute approximate surface area is 85.3 Å². The number of hydrogen-bond donors (Lipinski definition) is 2. The summed E-state index contributed by atoms with van der Waals surface area (Å²) in [5.41, 5.74) is 0. The van der Waals surface area contributed by atoms with Crippen molar-refractivity contribution in [2.45, 2.75) is 26.7 Å². The molecule has 0 saturated heterocycles. The van der Waals surface area contributed by atoms with Gasteiger partial charge in [0.1, 0.15) is 0 Å². The van der Waals surface area contributed by atoms with Crippen LogP contribution in [0.25, 0.3) is 0 Å². The van der Waals surface area contributed by atoms with Gasteiger partial charge in [0.2, 0.25) is 15.9 Å². The molecule has 0 aliphatic carbocycles. The van der Waals surface area contributed by atoms with Gasteiger partial charge in [-0.05, 0) is 19.4 Å². The van der Waals surface area contributed by atoms with Crippen molar-refractivity contribution in [3.8, 4) is 0 Å². The highest BCUT2D eigenvalue weighted by atomic mass is 32.2. The lowest BCUT2D eigenvalue weighted by Gasteiger charge is -2.05. The van der Waals surface area contributed by atoms with Crippen LogP contribution in [0.2, 0.25) is 0 Å². The van der Waals surface area contributed by atoms with Gasteiger partial charge in [-0.2, -0.15) is 0 Å². The third kappa shape index (κ3) is 6.85. The monoisotopic (exact) mass is 222 g/mol. The fraction of sp³-hybridized carbons (Fsp3) is 0.875. The number of hydrogen-bond acceptors (Lipinski definition) is 4. The van der Waals surface area contributed by atoms with Crippen molar-refractivity contribution >= 4 is 15.9 Å². The van der Waals surface area contributed by atoms with Crippen LogP contribution in [0.3, 0.4) is 0 Å². The third-order valence-corrected chi connectivity index (χ3v) is 2.94. The average Bonchev–Trinajstić information content (AvgIpc) is 2.03. The topological polar surface area (TPSA) is 75.3 Å². The maximum Gasteiger partial charge on any atom is 0.247 e. The molecule has 0 aliphatic heterocycles. The number of carbonyl (C=O) groups excluding carboxylic acids is 1. The number of carbonyl (C=O) groups is 1. The third-order valence-electron chi connectivity index (χ3n) is 1.45. The highest BCUT2D eigenvalue weighted by Gasteiger charge is 2.12. The van der Waals surface area contributed by atoms with Crippen LogP contribution in [0.5, 0.6) is 0 Å². The minimum atomic E-state index is -3.41. The van der Waals surface area contributed by atoms with Crippen LogP contribution in [0.4, 0.5) is 0 Å². The first-order valence-electron chi connectivity index (χ1n) is 4.76. The molecule has 0 heterocycles. The molecule has 0 fully saturated rings. The zero-order valence-corrected chi connectivity index (χ0v) is 9.49. The summed E-state index contributed by atoms with van der Waals surface area (Å²) in [6, 6.07) is 0. The van der Waals surface area contributed by atoms with E-state index in [1.54, 1.807) is 6.92 Å². The Morgan fingerprint density at radius 2 is 1.86 bits per heavy atom. The largest absolute Gasteiger partial charge is 0.308 e. The zero-order valence-electron chi connectivity index (χ0n) is 8.67. The van der Waals surface area contributed by atoms with Crippen molar-refractivity contribution < 1.29 is 13.2 Å². The van der Waals surface area contributed by atoms with Gasteiger partial charge in [-0.1, -0.05) is 13.8 Å². The molecule has 0 aromatic rings. The maximum atomic E-state index is 11.1. The quantitative estimate of drug-likeness (QED) is 0.587. The molecule has 0 rings (SSSR count). The van der Waals surface area contributed by atoms with Gasteiger partial charge in [0, 0.05) is 0 Å². The first-order chi connectivity index (χ1) is 6.52. The lowest BCUT2D eigenvalue weighted by Crippen LogP contribution is -2.38. The van der Waals surface area contributed by atoms with Crippen LogP contribution in [0, 0.1) is 0 Å². The average molecular weight is 222 g/mol. The predicted molar refractivity (Wildman–Crippen MR) is 55.4 cm³/mol. The van der Waals surface area contributed by atoms with Crippen molar-refractivity contribution in [2.75, 3.05) is 18.8 Å². The normalized spacial score (nSPS) is 11.3.